The summed E-state index contributed by atoms with van der Waals surface area (Å²) in [5.74, 6) is 0.380. The highest BCUT2D eigenvalue weighted by atomic mass is 32.2. The minimum absolute atomic E-state index is 0.0930. The summed E-state index contributed by atoms with van der Waals surface area (Å²) in [5.41, 5.74) is -0.915. The number of sulfonamides is 1. The lowest BCUT2D eigenvalue weighted by Crippen LogP contribution is -2.26. The number of alkyl halides is 3. The van der Waals surface area contributed by atoms with Crippen LogP contribution >= 0.6 is 0 Å². The molecule has 1 aromatic heterocycles. The number of aromatic nitrogens is 2. The fraction of sp³-hybridized carbons (Fsp3) is 0.333. The van der Waals surface area contributed by atoms with Crippen molar-refractivity contribution in [1.29, 1.82) is 0 Å². The summed E-state index contributed by atoms with van der Waals surface area (Å²) in [6, 6.07) is 3.26. The van der Waals surface area contributed by atoms with E-state index in [0.29, 0.717) is 0 Å². The first-order chi connectivity index (χ1) is 10.1. The summed E-state index contributed by atoms with van der Waals surface area (Å²) >= 11 is 0. The Labute approximate surface area is 124 Å². The number of benzene rings is 1. The van der Waals surface area contributed by atoms with Crippen molar-refractivity contribution in [2.75, 3.05) is 7.05 Å². The molecule has 0 atom stereocenters. The highest BCUT2D eigenvalue weighted by molar-refractivity contribution is 7.89. The van der Waals surface area contributed by atoms with Crippen molar-refractivity contribution >= 4 is 10.0 Å². The van der Waals surface area contributed by atoms with E-state index >= 15 is 0 Å². The Balaban J connectivity index is 2.22. The zero-order valence-electron chi connectivity index (χ0n) is 11.6. The van der Waals surface area contributed by atoms with E-state index in [4.69, 9.17) is 4.42 Å². The van der Waals surface area contributed by atoms with Crippen LogP contribution in [0.2, 0.25) is 0 Å². The molecule has 0 unspecified atom stereocenters. The normalized spacial score (nSPS) is 12.8. The molecule has 0 bridgehead atoms. The maximum Gasteiger partial charge on any atom is 0.416 e. The SMILES string of the molecule is Cc1nnc(CN(C)S(=O)(=O)c2ccc(C(F)(F)F)cc2)o1. The molecule has 0 radical (unpaired) electrons. The van der Waals surface area contributed by atoms with Crippen LogP contribution in [0.15, 0.2) is 33.6 Å². The molecule has 0 N–H and O–H groups in total. The van der Waals surface area contributed by atoms with Gasteiger partial charge >= 0.3 is 6.18 Å². The Morgan fingerprint density at radius 3 is 2.23 bits per heavy atom. The smallest absolute Gasteiger partial charge is 0.416 e. The number of nitrogens with zero attached hydrogens (tertiary/aromatic N) is 3. The molecular formula is C12H12F3N3O3S. The molecule has 1 aromatic carbocycles. The van der Waals surface area contributed by atoms with E-state index in [-0.39, 0.29) is 23.2 Å². The van der Waals surface area contributed by atoms with Crippen LogP contribution in [-0.2, 0) is 22.7 Å². The molecule has 0 saturated heterocycles. The molecule has 0 saturated carbocycles. The van der Waals surface area contributed by atoms with Crippen LogP contribution < -0.4 is 0 Å². The third-order valence-electron chi connectivity index (χ3n) is 2.82. The average molecular weight is 335 g/mol. The van der Waals surface area contributed by atoms with Gasteiger partial charge in [0.05, 0.1) is 17.0 Å². The molecule has 0 aliphatic heterocycles. The first kappa shape index (κ1) is 16.4. The Bertz CT molecular complexity index is 754. The van der Waals surface area contributed by atoms with Gasteiger partial charge in [-0.1, -0.05) is 0 Å². The molecule has 0 aliphatic rings. The third kappa shape index (κ3) is 3.45. The van der Waals surface area contributed by atoms with Crippen LogP contribution in [0.5, 0.6) is 0 Å². The molecule has 1 heterocycles. The zero-order valence-corrected chi connectivity index (χ0v) is 12.4. The van der Waals surface area contributed by atoms with Gasteiger partial charge in [-0.3, -0.25) is 0 Å². The van der Waals surface area contributed by atoms with Gasteiger partial charge in [-0.15, -0.1) is 10.2 Å². The fourth-order valence-corrected chi connectivity index (χ4v) is 2.79. The number of halogens is 3. The minimum Gasteiger partial charge on any atom is -0.424 e. The van der Waals surface area contributed by atoms with Crippen molar-refractivity contribution in [2.24, 2.45) is 0 Å². The summed E-state index contributed by atoms with van der Waals surface area (Å²) in [4.78, 5) is -0.251. The monoisotopic (exact) mass is 335 g/mol. The number of hydrogen-bond donors (Lipinski definition) is 0. The third-order valence-corrected chi connectivity index (χ3v) is 4.63. The molecule has 0 spiro atoms. The van der Waals surface area contributed by atoms with Gasteiger partial charge in [-0.2, -0.15) is 17.5 Å². The summed E-state index contributed by atoms with van der Waals surface area (Å²) in [7, 11) is -2.68. The number of hydrogen-bond acceptors (Lipinski definition) is 5. The average Bonchev–Trinajstić information content (AvgIpc) is 2.83. The maximum absolute atomic E-state index is 12.5. The first-order valence-corrected chi connectivity index (χ1v) is 7.47. The van der Waals surface area contributed by atoms with Gasteiger partial charge in [0.15, 0.2) is 0 Å². The summed E-state index contributed by atoms with van der Waals surface area (Å²) in [5, 5.41) is 7.24. The lowest BCUT2D eigenvalue weighted by atomic mass is 10.2. The van der Waals surface area contributed by atoms with E-state index in [1.165, 1.54) is 7.05 Å². The van der Waals surface area contributed by atoms with Crippen LogP contribution in [0, 0.1) is 6.92 Å². The van der Waals surface area contributed by atoms with Gasteiger partial charge in [-0.25, -0.2) is 8.42 Å². The van der Waals surface area contributed by atoms with Gasteiger partial charge < -0.3 is 4.42 Å². The molecule has 6 nitrogen and oxygen atoms in total. The van der Waals surface area contributed by atoms with Crippen molar-refractivity contribution in [3.63, 3.8) is 0 Å². The van der Waals surface area contributed by atoms with Crippen LogP contribution in [0.25, 0.3) is 0 Å². The highest BCUT2D eigenvalue weighted by Gasteiger charge is 2.31. The lowest BCUT2D eigenvalue weighted by Gasteiger charge is -2.15. The van der Waals surface area contributed by atoms with Crippen molar-refractivity contribution in [2.45, 2.75) is 24.5 Å². The minimum atomic E-state index is -4.52. The predicted octanol–water partition coefficient (Wildman–Crippen LogP) is 2.22. The molecule has 22 heavy (non-hydrogen) atoms. The van der Waals surface area contributed by atoms with Crippen molar-refractivity contribution < 1.29 is 26.0 Å². The molecule has 10 heteroatoms. The van der Waals surface area contributed by atoms with Gasteiger partial charge in [0.2, 0.25) is 21.8 Å². The van der Waals surface area contributed by atoms with E-state index < -0.39 is 21.8 Å². The number of aryl methyl sites for hydroxylation is 1. The summed E-state index contributed by atoms with van der Waals surface area (Å²) in [6.07, 6.45) is -4.52. The van der Waals surface area contributed by atoms with Crippen LogP contribution in [0.3, 0.4) is 0 Å². The molecule has 0 amide bonds. The van der Waals surface area contributed by atoms with Gasteiger partial charge in [0.1, 0.15) is 0 Å². The molecular weight excluding hydrogens is 323 g/mol. The van der Waals surface area contributed by atoms with E-state index in [1.807, 2.05) is 0 Å². The van der Waals surface area contributed by atoms with Crippen LogP contribution in [-0.4, -0.2) is 30.0 Å². The molecule has 120 valence electrons. The second-order valence-electron chi connectivity index (χ2n) is 4.50. The molecule has 2 aromatic rings. The van der Waals surface area contributed by atoms with Crippen molar-refractivity contribution in [1.82, 2.24) is 14.5 Å². The highest BCUT2D eigenvalue weighted by Crippen LogP contribution is 2.30. The lowest BCUT2D eigenvalue weighted by molar-refractivity contribution is -0.137. The largest absolute Gasteiger partial charge is 0.424 e. The second-order valence-corrected chi connectivity index (χ2v) is 6.54. The molecule has 2 rings (SSSR count). The van der Waals surface area contributed by atoms with E-state index in [9.17, 15) is 21.6 Å². The van der Waals surface area contributed by atoms with E-state index in [2.05, 4.69) is 10.2 Å². The van der Waals surface area contributed by atoms with Crippen molar-refractivity contribution in [3.8, 4) is 0 Å². The first-order valence-electron chi connectivity index (χ1n) is 6.03. The zero-order chi connectivity index (χ0) is 16.5. The summed E-state index contributed by atoms with van der Waals surface area (Å²) in [6.45, 7) is 1.38. The Morgan fingerprint density at radius 1 is 1.18 bits per heavy atom. The maximum atomic E-state index is 12.5. The van der Waals surface area contributed by atoms with Gasteiger partial charge in [0, 0.05) is 14.0 Å². The van der Waals surface area contributed by atoms with Crippen LogP contribution in [0.1, 0.15) is 17.3 Å². The Hall–Kier alpha value is -1.94. The molecule has 0 aliphatic carbocycles. The Kier molecular flexibility index (Phi) is 4.25. The standard InChI is InChI=1S/C12H12F3N3O3S/c1-8-16-17-11(21-8)7-18(2)22(19,20)10-5-3-9(4-6-10)12(13,14)15/h3-6H,7H2,1-2H3. The van der Waals surface area contributed by atoms with E-state index in [0.717, 1.165) is 28.6 Å². The number of rotatable bonds is 4. The fourth-order valence-electron chi connectivity index (χ4n) is 1.67. The van der Waals surface area contributed by atoms with Gasteiger partial charge in [0.25, 0.3) is 0 Å². The van der Waals surface area contributed by atoms with E-state index in [1.54, 1.807) is 6.92 Å². The predicted molar refractivity (Wildman–Crippen MR) is 69.1 cm³/mol. The molecule has 0 fully saturated rings. The van der Waals surface area contributed by atoms with Crippen molar-refractivity contribution in [3.05, 3.63) is 41.6 Å². The van der Waals surface area contributed by atoms with Crippen LogP contribution in [0.4, 0.5) is 13.2 Å². The van der Waals surface area contributed by atoms with Gasteiger partial charge in [-0.05, 0) is 24.3 Å². The second kappa shape index (κ2) is 5.69. The Morgan fingerprint density at radius 2 is 1.77 bits per heavy atom. The quantitative estimate of drug-likeness (QED) is 0.856. The summed E-state index contributed by atoms with van der Waals surface area (Å²) < 4.78 is 67.9. The topological polar surface area (TPSA) is 76.3 Å².